The average Bonchev–Trinajstić information content (AvgIpc) is 2.51. The highest BCUT2D eigenvalue weighted by atomic mass is 35.5. The number of benzene rings is 2. The van der Waals surface area contributed by atoms with Gasteiger partial charge < -0.3 is 10.6 Å². The monoisotopic (exact) mass is 322 g/mol. The van der Waals surface area contributed by atoms with E-state index in [1.54, 1.807) is 30.1 Å². The molecule has 2 aromatic carbocycles. The summed E-state index contributed by atoms with van der Waals surface area (Å²) in [6, 6.07) is 12.7. The number of amides is 1. The molecule has 0 atom stereocenters. The van der Waals surface area contributed by atoms with Crippen LogP contribution in [0.3, 0.4) is 0 Å². The molecule has 0 aromatic heterocycles. The molecular formula is C16H16Cl2N2O. The highest BCUT2D eigenvalue weighted by molar-refractivity contribution is 6.42. The minimum atomic E-state index is -0.0744. The molecule has 0 saturated heterocycles. The van der Waals surface area contributed by atoms with Gasteiger partial charge in [0, 0.05) is 25.7 Å². The first kappa shape index (κ1) is 15.8. The number of nitrogens with two attached hydrogens (primary N) is 1. The highest BCUT2D eigenvalue weighted by Crippen LogP contribution is 2.26. The summed E-state index contributed by atoms with van der Waals surface area (Å²) in [6.45, 7) is 0.860. The topological polar surface area (TPSA) is 46.3 Å². The molecule has 0 unspecified atom stereocenters. The first-order chi connectivity index (χ1) is 10.0. The van der Waals surface area contributed by atoms with Crippen LogP contribution in [-0.2, 0) is 13.1 Å². The number of hydrogen-bond donors (Lipinski definition) is 1. The molecule has 0 fully saturated rings. The van der Waals surface area contributed by atoms with Crippen molar-refractivity contribution in [3.8, 4) is 0 Å². The molecule has 5 heteroatoms. The van der Waals surface area contributed by atoms with Gasteiger partial charge in [0.15, 0.2) is 0 Å². The zero-order chi connectivity index (χ0) is 15.4. The lowest BCUT2D eigenvalue weighted by molar-refractivity contribution is 0.0785. The maximum Gasteiger partial charge on any atom is 0.253 e. The first-order valence-electron chi connectivity index (χ1n) is 6.50. The first-order valence-corrected chi connectivity index (χ1v) is 7.26. The van der Waals surface area contributed by atoms with Crippen LogP contribution in [0, 0.1) is 0 Å². The van der Waals surface area contributed by atoms with Crippen LogP contribution in [-0.4, -0.2) is 17.9 Å². The van der Waals surface area contributed by atoms with Gasteiger partial charge in [0.2, 0.25) is 0 Å². The molecule has 0 bridgehead atoms. The summed E-state index contributed by atoms with van der Waals surface area (Å²) < 4.78 is 0. The van der Waals surface area contributed by atoms with Crippen molar-refractivity contribution in [2.75, 3.05) is 7.05 Å². The molecule has 1 amide bonds. The van der Waals surface area contributed by atoms with E-state index in [-0.39, 0.29) is 5.91 Å². The van der Waals surface area contributed by atoms with E-state index < -0.39 is 0 Å². The van der Waals surface area contributed by atoms with E-state index in [2.05, 4.69) is 0 Å². The van der Waals surface area contributed by atoms with Crippen LogP contribution in [0.2, 0.25) is 10.0 Å². The Labute approximate surface area is 134 Å². The average molecular weight is 323 g/mol. The third-order valence-electron chi connectivity index (χ3n) is 3.22. The van der Waals surface area contributed by atoms with Crippen molar-refractivity contribution in [3.05, 3.63) is 69.2 Å². The summed E-state index contributed by atoms with van der Waals surface area (Å²) >= 11 is 12.1. The second-order valence-electron chi connectivity index (χ2n) is 4.78. The fraction of sp³-hybridized carbons (Fsp3) is 0.188. The number of halogens is 2. The molecule has 0 saturated carbocycles. The van der Waals surface area contributed by atoms with E-state index in [0.29, 0.717) is 28.7 Å². The van der Waals surface area contributed by atoms with Gasteiger partial charge in [-0.1, -0.05) is 47.5 Å². The third kappa shape index (κ3) is 3.76. The Morgan fingerprint density at radius 1 is 1.14 bits per heavy atom. The van der Waals surface area contributed by atoms with Gasteiger partial charge in [0.25, 0.3) is 5.91 Å². The smallest absolute Gasteiger partial charge is 0.253 e. The fourth-order valence-corrected chi connectivity index (χ4v) is 2.38. The molecule has 0 radical (unpaired) electrons. The SMILES string of the molecule is CN(Cc1cccc(Cl)c1Cl)C(=O)c1ccc(CN)cc1. The van der Waals surface area contributed by atoms with Crippen LogP contribution in [0.25, 0.3) is 0 Å². The van der Waals surface area contributed by atoms with Crippen molar-refractivity contribution < 1.29 is 4.79 Å². The fourth-order valence-electron chi connectivity index (χ4n) is 2.00. The Morgan fingerprint density at radius 3 is 2.43 bits per heavy atom. The second-order valence-corrected chi connectivity index (χ2v) is 5.56. The van der Waals surface area contributed by atoms with Crippen LogP contribution in [0.1, 0.15) is 21.5 Å². The number of rotatable bonds is 4. The van der Waals surface area contributed by atoms with Crippen molar-refractivity contribution in [1.29, 1.82) is 0 Å². The molecule has 0 spiro atoms. The largest absolute Gasteiger partial charge is 0.337 e. The van der Waals surface area contributed by atoms with Gasteiger partial charge >= 0.3 is 0 Å². The summed E-state index contributed by atoms with van der Waals surface area (Å²) in [4.78, 5) is 14.0. The van der Waals surface area contributed by atoms with Gasteiger partial charge in [-0.2, -0.15) is 0 Å². The maximum atomic E-state index is 12.4. The predicted octanol–water partition coefficient (Wildman–Crippen LogP) is 3.72. The van der Waals surface area contributed by atoms with Crippen LogP contribution in [0.4, 0.5) is 0 Å². The van der Waals surface area contributed by atoms with Gasteiger partial charge in [-0.25, -0.2) is 0 Å². The van der Waals surface area contributed by atoms with Gasteiger partial charge in [0.1, 0.15) is 0 Å². The minimum Gasteiger partial charge on any atom is -0.337 e. The van der Waals surface area contributed by atoms with Crippen LogP contribution >= 0.6 is 23.2 Å². The summed E-state index contributed by atoms with van der Waals surface area (Å²) in [5.74, 6) is -0.0744. The Hall–Kier alpha value is -1.55. The lowest BCUT2D eigenvalue weighted by atomic mass is 10.1. The number of hydrogen-bond acceptors (Lipinski definition) is 2. The summed E-state index contributed by atoms with van der Waals surface area (Å²) in [5.41, 5.74) is 7.98. The molecule has 0 heterocycles. The molecule has 0 aliphatic carbocycles. The van der Waals surface area contributed by atoms with Crippen molar-refractivity contribution in [2.24, 2.45) is 5.73 Å². The molecule has 2 rings (SSSR count). The number of nitrogens with zero attached hydrogens (tertiary/aromatic N) is 1. The van der Waals surface area contributed by atoms with Crippen LogP contribution in [0.5, 0.6) is 0 Å². The van der Waals surface area contributed by atoms with E-state index in [0.717, 1.165) is 11.1 Å². The van der Waals surface area contributed by atoms with Crippen molar-refractivity contribution >= 4 is 29.1 Å². The third-order valence-corrected chi connectivity index (χ3v) is 4.08. The zero-order valence-electron chi connectivity index (χ0n) is 11.6. The van der Waals surface area contributed by atoms with E-state index in [4.69, 9.17) is 28.9 Å². The summed E-state index contributed by atoms with van der Waals surface area (Å²) in [5, 5.41) is 0.972. The standard InChI is InChI=1S/C16H16Cl2N2O/c1-20(10-13-3-2-4-14(17)15(13)18)16(21)12-7-5-11(9-19)6-8-12/h2-8H,9-10,19H2,1H3. The van der Waals surface area contributed by atoms with Crippen molar-refractivity contribution in [3.63, 3.8) is 0 Å². The molecule has 2 aromatic rings. The quantitative estimate of drug-likeness (QED) is 0.932. The Bertz CT molecular complexity index is 641. The molecule has 110 valence electrons. The van der Waals surface area contributed by atoms with Gasteiger partial charge in [0.05, 0.1) is 10.0 Å². The molecular weight excluding hydrogens is 307 g/mol. The number of carbonyl (C=O) groups is 1. The molecule has 0 aliphatic heterocycles. The minimum absolute atomic E-state index is 0.0744. The lowest BCUT2D eigenvalue weighted by Crippen LogP contribution is -2.26. The van der Waals surface area contributed by atoms with Crippen molar-refractivity contribution in [1.82, 2.24) is 4.90 Å². The molecule has 0 aliphatic rings. The van der Waals surface area contributed by atoms with E-state index >= 15 is 0 Å². The van der Waals surface area contributed by atoms with Crippen molar-refractivity contribution in [2.45, 2.75) is 13.1 Å². The van der Waals surface area contributed by atoms with Crippen LogP contribution < -0.4 is 5.73 Å². The summed E-state index contributed by atoms with van der Waals surface area (Å²) in [7, 11) is 1.73. The summed E-state index contributed by atoms with van der Waals surface area (Å²) in [6.07, 6.45) is 0. The zero-order valence-corrected chi connectivity index (χ0v) is 13.2. The van der Waals surface area contributed by atoms with E-state index in [1.807, 2.05) is 24.3 Å². The van der Waals surface area contributed by atoms with Gasteiger partial charge in [-0.15, -0.1) is 0 Å². The Kier molecular flexibility index (Phi) is 5.23. The molecule has 2 N–H and O–H groups in total. The number of carbonyl (C=O) groups excluding carboxylic acids is 1. The molecule has 3 nitrogen and oxygen atoms in total. The highest BCUT2D eigenvalue weighted by Gasteiger charge is 2.14. The van der Waals surface area contributed by atoms with Gasteiger partial charge in [-0.3, -0.25) is 4.79 Å². The van der Waals surface area contributed by atoms with Crippen LogP contribution in [0.15, 0.2) is 42.5 Å². The van der Waals surface area contributed by atoms with Gasteiger partial charge in [-0.05, 0) is 29.3 Å². The Morgan fingerprint density at radius 2 is 1.81 bits per heavy atom. The lowest BCUT2D eigenvalue weighted by Gasteiger charge is -2.18. The second kappa shape index (κ2) is 6.94. The maximum absolute atomic E-state index is 12.4. The predicted molar refractivity (Wildman–Crippen MR) is 86.6 cm³/mol. The molecule has 21 heavy (non-hydrogen) atoms. The normalized spacial score (nSPS) is 10.5. The van der Waals surface area contributed by atoms with E-state index in [9.17, 15) is 4.79 Å². The Balaban J connectivity index is 2.13. The van der Waals surface area contributed by atoms with E-state index in [1.165, 1.54) is 0 Å².